The summed E-state index contributed by atoms with van der Waals surface area (Å²) in [6.07, 6.45) is 5.03. The van der Waals surface area contributed by atoms with Gasteiger partial charge in [0.15, 0.2) is 0 Å². The molecule has 2 rings (SSSR count). The van der Waals surface area contributed by atoms with Gasteiger partial charge in [-0.15, -0.1) is 0 Å². The molecular weight excluding hydrogens is 180 g/mol. The normalized spacial score (nSPS) is 42.1. The number of carbonyl (C=O) groups is 1. The summed E-state index contributed by atoms with van der Waals surface area (Å²) in [6, 6.07) is 0. The van der Waals surface area contributed by atoms with Gasteiger partial charge in [-0.1, -0.05) is 19.3 Å². The van der Waals surface area contributed by atoms with E-state index in [2.05, 4.69) is 0 Å². The molecule has 3 heteroatoms. The van der Waals surface area contributed by atoms with Crippen molar-refractivity contribution in [1.82, 2.24) is 0 Å². The Labute approximate surface area is 84.1 Å². The Balaban J connectivity index is 2.08. The van der Waals surface area contributed by atoms with E-state index in [9.17, 15) is 9.90 Å². The highest BCUT2D eigenvalue weighted by Crippen LogP contribution is 2.46. The Morgan fingerprint density at radius 3 is 2.21 bits per heavy atom. The molecule has 0 amide bonds. The molecule has 0 aliphatic heterocycles. The van der Waals surface area contributed by atoms with Gasteiger partial charge < -0.3 is 10.2 Å². The standard InChI is InChI=1S/C11H18O3/c12-6-10-7-2-1-3-8(10)5-9(4-7)11(13)14/h7-10,12H,1-6H2,(H,13,14). The summed E-state index contributed by atoms with van der Waals surface area (Å²) in [5, 5.41) is 18.3. The molecule has 3 nitrogen and oxygen atoms in total. The molecule has 0 heterocycles. The molecule has 2 unspecified atom stereocenters. The second-order valence-corrected chi connectivity index (χ2v) is 4.80. The van der Waals surface area contributed by atoms with E-state index in [1.54, 1.807) is 0 Å². The van der Waals surface area contributed by atoms with Gasteiger partial charge in [0.05, 0.1) is 5.92 Å². The van der Waals surface area contributed by atoms with Crippen LogP contribution in [0.1, 0.15) is 32.1 Å². The SMILES string of the molecule is O=C(O)C1CC2CCCC(C1)C2CO. The molecule has 0 saturated heterocycles. The first-order valence-corrected chi connectivity index (χ1v) is 5.56. The lowest BCUT2D eigenvalue weighted by Gasteiger charge is -2.44. The minimum absolute atomic E-state index is 0.145. The molecule has 0 spiro atoms. The average molecular weight is 198 g/mol. The maximum Gasteiger partial charge on any atom is 0.306 e. The highest BCUT2D eigenvalue weighted by molar-refractivity contribution is 5.70. The molecule has 0 aromatic rings. The zero-order valence-electron chi connectivity index (χ0n) is 8.35. The van der Waals surface area contributed by atoms with Crippen LogP contribution in [0.25, 0.3) is 0 Å². The zero-order chi connectivity index (χ0) is 10.1. The summed E-state index contributed by atoms with van der Waals surface area (Å²) in [5.74, 6) is 0.535. The Morgan fingerprint density at radius 1 is 1.21 bits per heavy atom. The number of aliphatic carboxylic acids is 1. The van der Waals surface area contributed by atoms with E-state index >= 15 is 0 Å². The van der Waals surface area contributed by atoms with Crippen LogP contribution in [0.5, 0.6) is 0 Å². The van der Waals surface area contributed by atoms with Gasteiger partial charge in [0.25, 0.3) is 0 Å². The number of rotatable bonds is 2. The number of carboxylic acids is 1. The first-order chi connectivity index (χ1) is 6.72. The van der Waals surface area contributed by atoms with E-state index in [1.807, 2.05) is 0 Å². The third kappa shape index (κ3) is 1.65. The van der Waals surface area contributed by atoms with Crippen LogP contribution in [0, 0.1) is 23.7 Å². The quantitative estimate of drug-likeness (QED) is 0.707. The lowest BCUT2D eigenvalue weighted by molar-refractivity contribution is -0.146. The second kappa shape index (κ2) is 3.89. The number of aliphatic hydroxyl groups excluding tert-OH is 1. The van der Waals surface area contributed by atoms with Crippen LogP contribution in [0.3, 0.4) is 0 Å². The smallest absolute Gasteiger partial charge is 0.306 e. The van der Waals surface area contributed by atoms with Gasteiger partial charge >= 0.3 is 5.97 Å². The lowest BCUT2D eigenvalue weighted by atomic mass is 9.61. The Morgan fingerprint density at radius 2 is 1.79 bits per heavy atom. The van der Waals surface area contributed by atoms with Crippen molar-refractivity contribution in [3.8, 4) is 0 Å². The molecule has 0 radical (unpaired) electrons. The maximum absolute atomic E-state index is 10.9. The van der Waals surface area contributed by atoms with Crippen LogP contribution < -0.4 is 0 Å². The van der Waals surface area contributed by atoms with Gasteiger partial charge in [-0.3, -0.25) is 4.79 Å². The fourth-order valence-corrected chi connectivity index (χ4v) is 3.37. The van der Waals surface area contributed by atoms with Crippen LogP contribution in [0.15, 0.2) is 0 Å². The molecule has 2 N–H and O–H groups in total. The van der Waals surface area contributed by atoms with E-state index in [0.717, 1.165) is 25.7 Å². The van der Waals surface area contributed by atoms with Gasteiger partial charge in [-0.2, -0.15) is 0 Å². The number of fused-ring (bicyclic) bond motifs is 2. The van der Waals surface area contributed by atoms with E-state index < -0.39 is 5.97 Å². The molecule has 2 saturated carbocycles. The van der Waals surface area contributed by atoms with Gasteiger partial charge in [0.1, 0.15) is 0 Å². The number of aliphatic hydroxyl groups is 1. The average Bonchev–Trinajstić information content (AvgIpc) is 2.15. The van der Waals surface area contributed by atoms with E-state index in [-0.39, 0.29) is 12.5 Å². The van der Waals surface area contributed by atoms with E-state index in [4.69, 9.17) is 5.11 Å². The van der Waals surface area contributed by atoms with Crippen LogP contribution in [0.2, 0.25) is 0 Å². The molecule has 14 heavy (non-hydrogen) atoms. The zero-order valence-corrected chi connectivity index (χ0v) is 8.35. The van der Waals surface area contributed by atoms with Crippen molar-refractivity contribution in [2.45, 2.75) is 32.1 Å². The molecule has 2 fully saturated rings. The lowest BCUT2D eigenvalue weighted by Crippen LogP contribution is -2.40. The third-order valence-corrected chi connectivity index (χ3v) is 4.10. The predicted molar refractivity (Wildman–Crippen MR) is 51.8 cm³/mol. The highest BCUT2D eigenvalue weighted by Gasteiger charge is 2.41. The molecule has 2 aliphatic carbocycles. The molecule has 2 atom stereocenters. The van der Waals surface area contributed by atoms with E-state index in [0.29, 0.717) is 17.8 Å². The molecule has 0 aromatic carbocycles. The van der Waals surface area contributed by atoms with Crippen molar-refractivity contribution in [1.29, 1.82) is 0 Å². The fraction of sp³-hybridized carbons (Fsp3) is 0.909. The van der Waals surface area contributed by atoms with Gasteiger partial charge in [0, 0.05) is 6.61 Å². The summed E-state index contributed by atoms with van der Waals surface area (Å²) >= 11 is 0. The first kappa shape index (κ1) is 9.97. The topological polar surface area (TPSA) is 57.5 Å². The van der Waals surface area contributed by atoms with Crippen molar-refractivity contribution in [2.75, 3.05) is 6.61 Å². The van der Waals surface area contributed by atoms with Crippen LogP contribution >= 0.6 is 0 Å². The minimum Gasteiger partial charge on any atom is -0.481 e. The molecule has 0 aromatic heterocycles. The Kier molecular flexibility index (Phi) is 2.77. The van der Waals surface area contributed by atoms with E-state index in [1.165, 1.54) is 6.42 Å². The Bertz CT molecular complexity index is 213. The number of hydrogen-bond acceptors (Lipinski definition) is 2. The van der Waals surface area contributed by atoms with Gasteiger partial charge in [0.2, 0.25) is 0 Å². The summed E-state index contributed by atoms with van der Waals surface area (Å²) < 4.78 is 0. The highest BCUT2D eigenvalue weighted by atomic mass is 16.4. The molecule has 2 bridgehead atoms. The Hall–Kier alpha value is -0.570. The van der Waals surface area contributed by atoms with Crippen LogP contribution in [-0.2, 0) is 4.79 Å². The molecule has 2 aliphatic rings. The summed E-state index contributed by atoms with van der Waals surface area (Å²) in [7, 11) is 0. The summed E-state index contributed by atoms with van der Waals surface area (Å²) in [5.41, 5.74) is 0. The second-order valence-electron chi connectivity index (χ2n) is 4.80. The van der Waals surface area contributed by atoms with Crippen molar-refractivity contribution < 1.29 is 15.0 Å². The van der Waals surface area contributed by atoms with Crippen molar-refractivity contribution in [2.24, 2.45) is 23.7 Å². The fourth-order valence-electron chi connectivity index (χ4n) is 3.37. The largest absolute Gasteiger partial charge is 0.481 e. The summed E-state index contributed by atoms with van der Waals surface area (Å²) in [6.45, 7) is 0.252. The first-order valence-electron chi connectivity index (χ1n) is 5.56. The number of carboxylic acid groups (broad SMARTS) is 1. The number of hydrogen-bond donors (Lipinski definition) is 2. The van der Waals surface area contributed by atoms with Gasteiger partial charge in [-0.25, -0.2) is 0 Å². The van der Waals surface area contributed by atoms with Crippen LogP contribution in [0.4, 0.5) is 0 Å². The molecular formula is C11H18O3. The maximum atomic E-state index is 10.9. The van der Waals surface area contributed by atoms with Crippen LogP contribution in [-0.4, -0.2) is 22.8 Å². The predicted octanol–water partition coefficient (Wildman–Crippen LogP) is 1.51. The summed E-state index contributed by atoms with van der Waals surface area (Å²) in [4.78, 5) is 10.9. The monoisotopic (exact) mass is 198 g/mol. The van der Waals surface area contributed by atoms with Crippen molar-refractivity contribution in [3.05, 3.63) is 0 Å². The molecule has 80 valence electrons. The third-order valence-electron chi connectivity index (χ3n) is 4.10. The minimum atomic E-state index is -0.640. The van der Waals surface area contributed by atoms with Crippen molar-refractivity contribution >= 4 is 5.97 Å². The van der Waals surface area contributed by atoms with Crippen molar-refractivity contribution in [3.63, 3.8) is 0 Å². The van der Waals surface area contributed by atoms with Gasteiger partial charge in [-0.05, 0) is 30.6 Å².